The van der Waals surface area contributed by atoms with Crippen LogP contribution in [0.25, 0.3) is 0 Å². The third-order valence-electron chi connectivity index (χ3n) is 18.7. The van der Waals surface area contributed by atoms with Crippen LogP contribution in [0.1, 0.15) is 400 Å². The number of hydrogen-bond acceptors (Lipinski definition) is 15. The number of phosphoric ester groups is 2. The first-order valence-corrected chi connectivity index (χ1v) is 46.2. The number of unbranched alkanes of at least 4 members (excludes halogenated alkanes) is 44. The number of hydrogen-bond donors (Lipinski definition) is 3. The molecule has 0 spiro atoms. The van der Waals surface area contributed by atoms with Gasteiger partial charge in [0, 0.05) is 25.7 Å². The number of aliphatic hydroxyl groups is 1. The van der Waals surface area contributed by atoms with Gasteiger partial charge in [-0.25, -0.2) is 9.13 Å². The molecule has 0 aliphatic heterocycles. The van der Waals surface area contributed by atoms with Crippen LogP contribution >= 0.6 is 15.6 Å². The van der Waals surface area contributed by atoms with Gasteiger partial charge in [0.25, 0.3) is 0 Å². The fraction of sp³-hybridized carbons (Fsp3) is 0.816. The molecule has 2 unspecified atom stereocenters. The molecule has 3 N–H and O–H groups in total. The summed E-state index contributed by atoms with van der Waals surface area (Å²) in [4.78, 5) is 73.2. The van der Waals surface area contributed by atoms with Crippen molar-refractivity contribution in [3.8, 4) is 0 Å². The molecule has 0 bridgehead atoms. The Balaban J connectivity index is 5.38. The summed E-state index contributed by atoms with van der Waals surface area (Å²) in [6.07, 6.45) is 82.9. The second-order valence-corrected chi connectivity index (χ2v) is 32.0. The third-order valence-corrected chi connectivity index (χ3v) is 20.6. The van der Waals surface area contributed by atoms with Crippen LogP contribution in [0.2, 0.25) is 0 Å². The summed E-state index contributed by atoms with van der Waals surface area (Å²) in [6.45, 7) is 4.85. The van der Waals surface area contributed by atoms with Crippen molar-refractivity contribution in [3.05, 3.63) is 72.9 Å². The van der Waals surface area contributed by atoms with Gasteiger partial charge in [-0.15, -0.1) is 0 Å². The Morgan fingerprint density at radius 1 is 0.264 bits per heavy atom. The van der Waals surface area contributed by atoms with Crippen LogP contribution in [-0.4, -0.2) is 96.7 Å². The minimum Gasteiger partial charge on any atom is -0.462 e. The maximum Gasteiger partial charge on any atom is 0.472 e. The van der Waals surface area contributed by atoms with Crippen molar-refractivity contribution in [1.82, 2.24) is 0 Å². The van der Waals surface area contributed by atoms with E-state index in [1.807, 2.05) is 12.2 Å². The van der Waals surface area contributed by atoms with Gasteiger partial charge in [0.05, 0.1) is 26.4 Å². The average Bonchev–Trinajstić information content (AvgIpc) is 0.905. The van der Waals surface area contributed by atoms with Crippen molar-refractivity contribution < 1.29 is 80.2 Å². The lowest BCUT2D eigenvalue weighted by atomic mass is 10.0. The molecule has 106 heavy (non-hydrogen) atoms. The SMILES string of the molecule is CCCCC/C=C\C/C=C\C/C=C\C/C=C\CCCC(=O)OC[C@H](COP(=O)(O)OC[C@H](O)COP(=O)(O)OC[C@@H](COC(=O)CCCCCCC/C=C\C/C=C\CCCCC)OC(=O)CCCCCCCCCCCCCCCCCCC)OC(=O)CCCCCCCCCCCCCCCCCCC. The Bertz CT molecular complexity index is 2280. The fourth-order valence-corrected chi connectivity index (χ4v) is 13.6. The number of phosphoric acid groups is 2. The summed E-state index contributed by atoms with van der Waals surface area (Å²) in [6, 6.07) is 0. The number of aliphatic hydroxyl groups excluding tert-OH is 1. The molecule has 0 saturated heterocycles. The van der Waals surface area contributed by atoms with Gasteiger partial charge in [-0.2, -0.15) is 0 Å². The van der Waals surface area contributed by atoms with Crippen LogP contribution in [0.3, 0.4) is 0 Å². The minimum absolute atomic E-state index is 0.0894. The number of ether oxygens (including phenoxy) is 4. The lowest BCUT2D eigenvalue weighted by Crippen LogP contribution is -2.30. The van der Waals surface area contributed by atoms with E-state index in [0.29, 0.717) is 32.1 Å². The molecule has 0 aliphatic rings. The molecule has 5 atom stereocenters. The van der Waals surface area contributed by atoms with Crippen molar-refractivity contribution in [1.29, 1.82) is 0 Å². The van der Waals surface area contributed by atoms with Gasteiger partial charge in [0.2, 0.25) is 0 Å². The van der Waals surface area contributed by atoms with Gasteiger partial charge in [-0.05, 0) is 96.3 Å². The van der Waals surface area contributed by atoms with Gasteiger partial charge in [0.1, 0.15) is 19.3 Å². The molecule has 0 aromatic carbocycles. The monoisotopic (exact) mass is 1540 g/mol. The van der Waals surface area contributed by atoms with Crippen LogP contribution in [0.4, 0.5) is 0 Å². The van der Waals surface area contributed by atoms with E-state index in [1.54, 1.807) is 0 Å². The number of rotatable bonds is 82. The number of carbonyl (C=O) groups excluding carboxylic acids is 4. The Morgan fingerprint density at radius 3 is 0.764 bits per heavy atom. The Hall–Kier alpha value is -3.50. The molecule has 0 aromatic rings. The highest BCUT2D eigenvalue weighted by Gasteiger charge is 2.30. The van der Waals surface area contributed by atoms with Crippen LogP contribution < -0.4 is 0 Å². The van der Waals surface area contributed by atoms with Crippen molar-refractivity contribution in [2.45, 2.75) is 418 Å². The van der Waals surface area contributed by atoms with Crippen LogP contribution in [0.15, 0.2) is 72.9 Å². The van der Waals surface area contributed by atoms with E-state index in [9.17, 15) is 43.2 Å². The van der Waals surface area contributed by atoms with Gasteiger partial charge in [-0.3, -0.25) is 37.3 Å². The zero-order valence-corrected chi connectivity index (χ0v) is 69.7. The summed E-state index contributed by atoms with van der Waals surface area (Å²) < 4.78 is 68.8. The number of allylic oxidation sites excluding steroid dienone is 12. The van der Waals surface area contributed by atoms with E-state index in [0.717, 1.165) is 122 Å². The topological polar surface area (TPSA) is 237 Å². The first kappa shape index (κ1) is 102. The highest BCUT2D eigenvalue weighted by molar-refractivity contribution is 7.47. The lowest BCUT2D eigenvalue weighted by Gasteiger charge is -2.21. The van der Waals surface area contributed by atoms with Crippen molar-refractivity contribution in [2.24, 2.45) is 0 Å². The first-order valence-electron chi connectivity index (χ1n) is 43.2. The summed E-state index contributed by atoms with van der Waals surface area (Å²) >= 11 is 0. The first-order chi connectivity index (χ1) is 51.7. The molecule has 618 valence electrons. The number of esters is 4. The maximum atomic E-state index is 13.1. The second kappa shape index (κ2) is 79.6. The van der Waals surface area contributed by atoms with E-state index < -0.39 is 97.5 Å². The molecule has 0 amide bonds. The molecular weight excluding hydrogens is 1380 g/mol. The predicted molar refractivity (Wildman–Crippen MR) is 436 cm³/mol. The minimum atomic E-state index is -4.99. The van der Waals surface area contributed by atoms with Crippen LogP contribution in [0.5, 0.6) is 0 Å². The molecule has 0 radical (unpaired) electrons. The lowest BCUT2D eigenvalue weighted by molar-refractivity contribution is -0.161. The van der Waals surface area contributed by atoms with Gasteiger partial charge in [0.15, 0.2) is 12.2 Å². The van der Waals surface area contributed by atoms with E-state index in [-0.39, 0.29) is 25.7 Å². The molecule has 0 fully saturated rings. The van der Waals surface area contributed by atoms with Crippen molar-refractivity contribution >= 4 is 39.5 Å². The smallest absolute Gasteiger partial charge is 0.462 e. The summed E-state index contributed by atoms with van der Waals surface area (Å²) in [5, 5.41) is 10.7. The van der Waals surface area contributed by atoms with Crippen molar-refractivity contribution in [2.75, 3.05) is 39.6 Å². The Morgan fingerprint density at radius 2 is 0.472 bits per heavy atom. The van der Waals surface area contributed by atoms with Gasteiger partial charge in [-0.1, -0.05) is 351 Å². The molecule has 17 nitrogen and oxygen atoms in total. The standard InChI is InChI=1S/C87H158O17P2/c1-5-9-13-17-21-25-29-33-37-40-44-48-52-56-60-64-68-72-85(90)98-78-83(104-87(92)74-70-66-62-58-54-50-46-42-39-35-31-27-23-19-15-11-7-3)80-102-106(95,96)100-76-81(88)75-99-105(93,94)101-79-82(77-97-84(89)71-67-63-59-55-51-47-43-36-32-28-24-20-16-12-8-4)103-86(91)73-69-65-61-57-53-49-45-41-38-34-30-26-22-18-14-10-6-2/h21,24-25,28,33,36-37,43-44,48,56,60,81-83,88H,5-20,22-23,26-27,29-32,34-35,38-42,45-47,49-55,57-59,61-80H2,1-4H3,(H,93,94)(H,95,96)/b25-21-,28-24-,37-33-,43-36-,48-44-,60-56-/t81-,82-,83-/m1/s1. The Kier molecular flexibility index (Phi) is 77.0. The highest BCUT2D eigenvalue weighted by atomic mass is 31.2. The van der Waals surface area contributed by atoms with Gasteiger partial charge < -0.3 is 33.8 Å². The molecule has 0 heterocycles. The zero-order chi connectivity index (χ0) is 77.4. The quantitative estimate of drug-likeness (QED) is 0.0169. The predicted octanol–water partition coefficient (Wildman–Crippen LogP) is 25.6. The molecule has 0 saturated carbocycles. The molecule has 0 aromatic heterocycles. The number of carbonyl (C=O) groups is 4. The van der Waals surface area contributed by atoms with Gasteiger partial charge >= 0.3 is 39.5 Å². The average molecular weight is 1540 g/mol. The largest absolute Gasteiger partial charge is 0.472 e. The van der Waals surface area contributed by atoms with Crippen LogP contribution in [0, 0.1) is 0 Å². The van der Waals surface area contributed by atoms with E-state index in [4.69, 9.17) is 37.0 Å². The fourth-order valence-electron chi connectivity index (χ4n) is 12.1. The molecular formula is C87H158O17P2. The second-order valence-electron chi connectivity index (χ2n) is 29.1. The Labute approximate surface area is 647 Å². The van der Waals surface area contributed by atoms with E-state index in [2.05, 4.69) is 88.5 Å². The maximum absolute atomic E-state index is 13.1. The normalized spacial score (nSPS) is 14.1. The van der Waals surface area contributed by atoms with Crippen LogP contribution in [-0.2, 0) is 65.4 Å². The summed E-state index contributed by atoms with van der Waals surface area (Å²) in [7, 11) is -9.97. The van der Waals surface area contributed by atoms with E-state index >= 15 is 0 Å². The molecule has 0 aliphatic carbocycles. The summed E-state index contributed by atoms with van der Waals surface area (Å²) in [5.41, 5.74) is 0. The molecule has 19 heteroatoms. The van der Waals surface area contributed by atoms with E-state index in [1.165, 1.54) is 193 Å². The zero-order valence-electron chi connectivity index (χ0n) is 67.9. The van der Waals surface area contributed by atoms with Crippen molar-refractivity contribution in [3.63, 3.8) is 0 Å². The molecule has 0 rings (SSSR count). The highest BCUT2D eigenvalue weighted by Crippen LogP contribution is 2.45. The summed E-state index contributed by atoms with van der Waals surface area (Å²) in [5.74, 6) is -2.21. The third kappa shape index (κ3) is 78.6.